The number of carbonyl (C=O) groups is 2. The van der Waals surface area contributed by atoms with Crippen molar-refractivity contribution < 1.29 is 28.9 Å². The summed E-state index contributed by atoms with van der Waals surface area (Å²) in [6.07, 6.45) is 0.908. The number of hydrogen-bond acceptors (Lipinski definition) is 5. The van der Waals surface area contributed by atoms with Gasteiger partial charge in [0.2, 0.25) is 0 Å². The van der Waals surface area contributed by atoms with Crippen molar-refractivity contribution in [3.8, 4) is 0 Å². The molecule has 2 N–H and O–H groups in total. The van der Waals surface area contributed by atoms with Crippen molar-refractivity contribution in [2.75, 3.05) is 19.8 Å². The Morgan fingerprint density at radius 1 is 1.00 bits per heavy atom. The highest BCUT2D eigenvalue weighted by molar-refractivity contribution is 5.68. The van der Waals surface area contributed by atoms with Crippen molar-refractivity contribution in [3.05, 3.63) is 0 Å². The maximum atomic E-state index is 11.6. The minimum Gasteiger partial charge on any atom is -0.481 e. The molecule has 0 fully saturated rings. The van der Waals surface area contributed by atoms with Crippen molar-refractivity contribution in [1.29, 1.82) is 0 Å². The zero-order valence-electron chi connectivity index (χ0n) is 16.7. The fourth-order valence-electron chi connectivity index (χ4n) is 2.07. The Bertz CT molecular complexity index is 430. The summed E-state index contributed by atoms with van der Waals surface area (Å²) in [5.74, 6) is -0.882. The Labute approximate surface area is 151 Å². The van der Waals surface area contributed by atoms with Crippen molar-refractivity contribution >= 4 is 12.1 Å². The van der Waals surface area contributed by atoms with Gasteiger partial charge in [-0.2, -0.15) is 0 Å². The van der Waals surface area contributed by atoms with E-state index in [1.54, 1.807) is 13.8 Å². The number of amides is 1. The fraction of sp³-hybridized carbons (Fsp3) is 0.889. The Morgan fingerprint density at radius 2 is 1.60 bits per heavy atom. The average molecular weight is 361 g/mol. The molecule has 25 heavy (non-hydrogen) atoms. The quantitative estimate of drug-likeness (QED) is 0.548. The number of hydrogen-bond donors (Lipinski definition) is 2. The Hall–Kier alpha value is -1.34. The third-order valence-electron chi connectivity index (χ3n) is 3.67. The van der Waals surface area contributed by atoms with Gasteiger partial charge in [0, 0.05) is 6.54 Å². The number of alkyl carbamates (subject to hydrolysis) is 1. The van der Waals surface area contributed by atoms with Crippen molar-refractivity contribution in [3.63, 3.8) is 0 Å². The number of carbonyl (C=O) groups excluding carboxylic acids is 1. The van der Waals surface area contributed by atoms with Crippen LogP contribution in [-0.4, -0.2) is 53.7 Å². The second kappa shape index (κ2) is 9.97. The third kappa shape index (κ3) is 12.6. The number of nitrogens with one attached hydrogen (secondary N) is 1. The summed E-state index contributed by atoms with van der Waals surface area (Å²) >= 11 is 0. The van der Waals surface area contributed by atoms with Crippen LogP contribution >= 0.6 is 0 Å². The van der Waals surface area contributed by atoms with Crippen molar-refractivity contribution in [1.82, 2.24) is 5.32 Å². The van der Waals surface area contributed by atoms with Crippen LogP contribution in [0.3, 0.4) is 0 Å². The first kappa shape index (κ1) is 23.7. The molecule has 7 heteroatoms. The molecule has 1 unspecified atom stereocenters. The first-order valence-corrected chi connectivity index (χ1v) is 8.75. The number of carboxylic acids is 1. The molecule has 0 aliphatic rings. The zero-order chi connectivity index (χ0) is 19.7. The average Bonchev–Trinajstić information content (AvgIpc) is 2.40. The van der Waals surface area contributed by atoms with Crippen LogP contribution in [0.2, 0.25) is 0 Å². The van der Waals surface area contributed by atoms with Crippen LogP contribution in [-0.2, 0) is 19.0 Å². The first-order valence-electron chi connectivity index (χ1n) is 8.75. The monoisotopic (exact) mass is 361 g/mol. The summed E-state index contributed by atoms with van der Waals surface area (Å²) in [7, 11) is 0. The van der Waals surface area contributed by atoms with E-state index >= 15 is 0 Å². The van der Waals surface area contributed by atoms with E-state index in [1.807, 2.05) is 34.6 Å². The minimum atomic E-state index is -0.882. The molecule has 0 spiro atoms. The zero-order valence-corrected chi connectivity index (χ0v) is 16.7. The Kier molecular flexibility index (Phi) is 9.43. The molecule has 1 amide bonds. The van der Waals surface area contributed by atoms with Crippen molar-refractivity contribution in [2.24, 2.45) is 0 Å². The van der Waals surface area contributed by atoms with Gasteiger partial charge in [-0.3, -0.25) is 4.79 Å². The number of rotatable bonds is 11. The van der Waals surface area contributed by atoms with Gasteiger partial charge in [0.05, 0.1) is 30.8 Å². The van der Waals surface area contributed by atoms with Gasteiger partial charge in [0.15, 0.2) is 0 Å². The summed E-state index contributed by atoms with van der Waals surface area (Å²) in [5, 5.41) is 11.5. The van der Waals surface area contributed by atoms with Crippen LogP contribution in [0, 0.1) is 0 Å². The molecular formula is C18H35NO6. The van der Waals surface area contributed by atoms with Crippen LogP contribution in [0.25, 0.3) is 0 Å². The van der Waals surface area contributed by atoms with Gasteiger partial charge >= 0.3 is 12.1 Å². The topological polar surface area (TPSA) is 94.1 Å². The standard InChI is InChI=1S/C18H35NO6/c1-8-18(7,9-11-23-17(5,6)13-14(20)21)24-12-10-19-15(22)25-16(2,3)4/h8-13H2,1-7H3,(H,19,22)(H,20,21). The van der Waals surface area contributed by atoms with E-state index in [2.05, 4.69) is 5.32 Å². The minimum absolute atomic E-state index is 0.0451. The predicted molar refractivity (Wildman–Crippen MR) is 95.8 cm³/mol. The van der Waals surface area contributed by atoms with Gasteiger partial charge in [-0.05, 0) is 54.4 Å². The van der Waals surface area contributed by atoms with Crippen LogP contribution in [0.1, 0.15) is 67.7 Å². The molecule has 0 aromatic carbocycles. The lowest BCUT2D eigenvalue weighted by atomic mass is 9.99. The maximum absolute atomic E-state index is 11.6. The van der Waals surface area contributed by atoms with E-state index in [1.165, 1.54) is 0 Å². The van der Waals surface area contributed by atoms with Gasteiger partial charge in [-0.15, -0.1) is 0 Å². The summed E-state index contributed by atoms with van der Waals surface area (Å²) in [6.45, 7) is 14.1. The molecule has 7 nitrogen and oxygen atoms in total. The second-order valence-corrected chi connectivity index (χ2v) is 8.01. The predicted octanol–water partition coefficient (Wildman–Crippen LogP) is 3.36. The summed E-state index contributed by atoms with van der Waals surface area (Å²) in [5.41, 5.74) is -1.63. The highest BCUT2D eigenvalue weighted by Crippen LogP contribution is 2.22. The Balaban J connectivity index is 4.16. The third-order valence-corrected chi connectivity index (χ3v) is 3.67. The van der Waals surface area contributed by atoms with E-state index in [9.17, 15) is 9.59 Å². The largest absolute Gasteiger partial charge is 0.481 e. The molecular weight excluding hydrogens is 326 g/mol. The summed E-state index contributed by atoms with van der Waals surface area (Å²) in [6, 6.07) is 0. The smallest absolute Gasteiger partial charge is 0.407 e. The maximum Gasteiger partial charge on any atom is 0.407 e. The van der Waals surface area contributed by atoms with Crippen LogP contribution in [0.5, 0.6) is 0 Å². The molecule has 148 valence electrons. The highest BCUT2D eigenvalue weighted by Gasteiger charge is 2.27. The summed E-state index contributed by atoms with van der Waals surface area (Å²) < 4.78 is 16.7. The van der Waals surface area contributed by atoms with Crippen LogP contribution < -0.4 is 5.32 Å². The van der Waals surface area contributed by atoms with Gasteiger partial charge in [0.1, 0.15) is 5.60 Å². The van der Waals surface area contributed by atoms with Gasteiger partial charge < -0.3 is 24.6 Å². The number of carboxylic acid groups (broad SMARTS) is 1. The molecule has 0 rings (SSSR count). The molecule has 0 aromatic heterocycles. The molecule has 0 aliphatic carbocycles. The lowest BCUT2D eigenvalue weighted by molar-refractivity contribution is -0.145. The van der Waals surface area contributed by atoms with E-state index < -0.39 is 28.9 Å². The van der Waals surface area contributed by atoms with E-state index in [0.717, 1.165) is 6.42 Å². The van der Waals surface area contributed by atoms with Gasteiger partial charge in [0.25, 0.3) is 0 Å². The van der Waals surface area contributed by atoms with Crippen molar-refractivity contribution in [2.45, 2.75) is 84.5 Å². The lowest BCUT2D eigenvalue weighted by Crippen LogP contribution is -2.38. The van der Waals surface area contributed by atoms with E-state index in [0.29, 0.717) is 26.2 Å². The molecule has 0 aromatic rings. The molecule has 0 saturated carbocycles. The lowest BCUT2D eigenvalue weighted by Gasteiger charge is -2.31. The SMILES string of the molecule is CCC(C)(CCOC(C)(C)CC(=O)O)OCCNC(=O)OC(C)(C)C. The van der Waals surface area contributed by atoms with Crippen LogP contribution in [0.4, 0.5) is 4.79 Å². The number of ether oxygens (including phenoxy) is 3. The number of aliphatic carboxylic acids is 1. The molecule has 0 saturated heterocycles. The highest BCUT2D eigenvalue weighted by atomic mass is 16.6. The van der Waals surface area contributed by atoms with Crippen LogP contribution in [0.15, 0.2) is 0 Å². The molecule has 0 bridgehead atoms. The normalized spacial score (nSPS) is 14.7. The molecule has 0 aliphatic heterocycles. The second-order valence-electron chi connectivity index (χ2n) is 8.01. The summed E-state index contributed by atoms with van der Waals surface area (Å²) in [4.78, 5) is 22.4. The first-order chi connectivity index (χ1) is 11.3. The Morgan fingerprint density at radius 3 is 2.08 bits per heavy atom. The van der Waals surface area contributed by atoms with E-state index in [4.69, 9.17) is 19.3 Å². The molecule has 0 radical (unpaired) electrons. The van der Waals surface area contributed by atoms with E-state index in [-0.39, 0.29) is 6.42 Å². The van der Waals surface area contributed by atoms with Gasteiger partial charge in [-0.25, -0.2) is 4.79 Å². The van der Waals surface area contributed by atoms with Gasteiger partial charge in [-0.1, -0.05) is 6.92 Å². The molecule has 1 atom stereocenters. The fourth-order valence-corrected chi connectivity index (χ4v) is 2.07. The molecule has 0 heterocycles.